The molecule has 0 bridgehead atoms. The molecule has 118 valence electrons. The van der Waals surface area contributed by atoms with Gasteiger partial charge in [0.1, 0.15) is 17.8 Å². The number of rotatable bonds is 3. The van der Waals surface area contributed by atoms with E-state index in [1.54, 1.807) is 16.8 Å². The summed E-state index contributed by atoms with van der Waals surface area (Å²) < 4.78 is 16.3. The summed E-state index contributed by atoms with van der Waals surface area (Å²) in [5.74, 6) is 0.361. The van der Waals surface area contributed by atoms with E-state index in [-0.39, 0.29) is 5.69 Å². The van der Waals surface area contributed by atoms with Crippen molar-refractivity contribution in [3.63, 3.8) is 0 Å². The van der Waals surface area contributed by atoms with Crippen molar-refractivity contribution in [1.29, 1.82) is 0 Å². The number of anilines is 3. The molecular weight excluding hydrogens is 363 g/mol. The van der Waals surface area contributed by atoms with E-state index in [9.17, 15) is 4.39 Å². The van der Waals surface area contributed by atoms with Gasteiger partial charge in [-0.3, -0.25) is 0 Å². The first-order valence-electron chi connectivity index (χ1n) is 6.82. The van der Waals surface area contributed by atoms with Gasteiger partial charge >= 0.3 is 0 Å². The van der Waals surface area contributed by atoms with Crippen molar-refractivity contribution in [2.24, 2.45) is 0 Å². The van der Waals surface area contributed by atoms with E-state index in [1.807, 2.05) is 19.9 Å². The van der Waals surface area contributed by atoms with Crippen molar-refractivity contribution in [2.45, 2.75) is 13.8 Å². The maximum Gasteiger partial charge on any atom is 0.182 e. The van der Waals surface area contributed by atoms with E-state index in [1.165, 1.54) is 12.4 Å². The van der Waals surface area contributed by atoms with E-state index in [2.05, 4.69) is 36.3 Å². The Hall–Kier alpha value is -2.48. The van der Waals surface area contributed by atoms with Crippen molar-refractivity contribution in [3.8, 4) is 5.82 Å². The largest absolute Gasteiger partial charge is 0.393 e. The van der Waals surface area contributed by atoms with E-state index < -0.39 is 5.82 Å². The lowest BCUT2D eigenvalue weighted by Crippen LogP contribution is -2.10. The molecule has 0 atom stereocenters. The molecule has 0 aliphatic rings. The van der Waals surface area contributed by atoms with E-state index in [4.69, 9.17) is 5.73 Å². The molecule has 0 saturated carbocycles. The topological polar surface area (TPSA) is 81.7 Å². The highest BCUT2D eigenvalue weighted by Gasteiger charge is 2.14. The number of hydrogen-bond acceptors (Lipinski definition) is 5. The minimum atomic E-state index is -0.412. The first kappa shape index (κ1) is 15.4. The Bertz CT molecular complexity index is 876. The van der Waals surface area contributed by atoms with Gasteiger partial charge in [0.05, 0.1) is 11.4 Å². The van der Waals surface area contributed by atoms with Gasteiger partial charge < -0.3 is 11.1 Å². The molecule has 23 heavy (non-hydrogen) atoms. The lowest BCUT2D eigenvalue weighted by atomic mass is 10.3. The minimum Gasteiger partial charge on any atom is -0.393 e. The summed E-state index contributed by atoms with van der Waals surface area (Å²) in [6.45, 7) is 3.79. The van der Waals surface area contributed by atoms with Crippen LogP contribution < -0.4 is 11.1 Å². The highest BCUT2D eigenvalue weighted by Crippen LogP contribution is 2.28. The normalized spacial score (nSPS) is 10.8. The first-order valence-corrected chi connectivity index (χ1v) is 7.61. The zero-order valence-electron chi connectivity index (χ0n) is 12.5. The van der Waals surface area contributed by atoms with Crippen LogP contribution in [0.4, 0.5) is 21.6 Å². The Morgan fingerprint density at radius 1 is 1.22 bits per heavy atom. The second kappa shape index (κ2) is 5.96. The third-order valence-corrected chi connectivity index (χ3v) is 3.75. The van der Waals surface area contributed by atoms with Gasteiger partial charge in [0.25, 0.3) is 0 Å². The molecule has 0 spiro atoms. The predicted molar refractivity (Wildman–Crippen MR) is 90.4 cm³/mol. The fourth-order valence-electron chi connectivity index (χ4n) is 2.22. The summed E-state index contributed by atoms with van der Waals surface area (Å²) >= 11 is 3.22. The number of aromatic nitrogens is 4. The number of nitrogens with one attached hydrogen (secondary N) is 1. The molecule has 0 aliphatic carbocycles. The second-order valence-corrected chi connectivity index (χ2v) is 5.96. The molecule has 0 fully saturated rings. The lowest BCUT2D eigenvalue weighted by Gasteiger charge is -2.12. The van der Waals surface area contributed by atoms with Crippen LogP contribution in [0.25, 0.3) is 5.82 Å². The smallest absolute Gasteiger partial charge is 0.182 e. The van der Waals surface area contributed by atoms with E-state index in [0.717, 1.165) is 11.4 Å². The minimum absolute atomic E-state index is 0.276. The van der Waals surface area contributed by atoms with Crippen molar-refractivity contribution in [3.05, 3.63) is 52.3 Å². The molecule has 2 aromatic heterocycles. The maximum absolute atomic E-state index is 14.0. The van der Waals surface area contributed by atoms with Crippen LogP contribution in [-0.2, 0) is 0 Å². The first-order chi connectivity index (χ1) is 11.0. The van der Waals surface area contributed by atoms with Crippen molar-refractivity contribution in [1.82, 2.24) is 19.7 Å². The third kappa shape index (κ3) is 3.02. The molecule has 6 nitrogen and oxygen atoms in total. The quantitative estimate of drug-likeness (QED) is 0.730. The highest BCUT2D eigenvalue weighted by atomic mass is 79.9. The average molecular weight is 377 g/mol. The molecule has 0 unspecified atom stereocenters. The van der Waals surface area contributed by atoms with Crippen LogP contribution in [0, 0.1) is 19.7 Å². The second-order valence-electron chi connectivity index (χ2n) is 5.05. The summed E-state index contributed by atoms with van der Waals surface area (Å²) in [5.41, 5.74) is 8.46. The van der Waals surface area contributed by atoms with Gasteiger partial charge in [-0.2, -0.15) is 5.10 Å². The van der Waals surface area contributed by atoms with Crippen LogP contribution in [-0.4, -0.2) is 19.7 Å². The number of nitrogen functional groups attached to an aromatic ring is 1. The summed E-state index contributed by atoms with van der Waals surface area (Å²) in [5, 5.41) is 7.25. The zero-order valence-corrected chi connectivity index (χ0v) is 14.1. The van der Waals surface area contributed by atoms with Crippen LogP contribution in [0.2, 0.25) is 0 Å². The molecular formula is C15H14BrFN6. The zero-order chi connectivity index (χ0) is 16.6. The molecule has 3 aromatic rings. The number of hydrogen-bond donors (Lipinski definition) is 2. The fraction of sp³-hybridized carbons (Fsp3) is 0.133. The Morgan fingerprint density at radius 3 is 2.65 bits per heavy atom. The monoisotopic (exact) mass is 376 g/mol. The third-order valence-electron chi connectivity index (χ3n) is 3.26. The number of nitrogens with two attached hydrogens (primary N) is 1. The standard InChI is InChI=1S/C15H14BrFN6/c1-8-5-9(2)23(22-8)15-13(18)14(19-7-20-15)21-12-4-3-10(16)6-11(12)17/h3-7H,18H2,1-2H3,(H,19,20,21). The van der Waals surface area contributed by atoms with Crippen molar-refractivity contribution < 1.29 is 4.39 Å². The number of nitrogens with zero attached hydrogens (tertiary/aromatic N) is 4. The number of benzene rings is 1. The van der Waals surface area contributed by atoms with Crippen LogP contribution >= 0.6 is 15.9 Å². The van der Waals surface area contributed by atoms with E-state index >= 15 is 0 Å². The van der Waals surface area contributed by atoms with Gasteiger partial charge in [-0.15, -0.1) is 0 Å². The molecule has 2 heterocycles. The lowest BCUT2D eigenvalue weighted by molar-refractivity contribution is 0.631. The Labute approximate surface area is 140 Å². The molecule has 0 aliphatic heterocycles. The van der Waals surface area contributed by atoms with Crippen molar-refractivity contribution >= 4 is 33.1 Å². The Morgan fingerprint density at radius 2 is 2.00 bits per heavy atom. The number of halogens is 2. The molecule has 3 rings (SSSR count). The Kier molecular flexibility index (Phi) is 3.99. The van der Waals surface area contributed by atoms with E-state index in [0.29, 0.717) is 21.8 Å². The number of aryl methyl sites for hydroxylation is 2. The Balaban J connectivity index is 2.01. The van der Waals surface area contributed by atoms with Gasteiger partial charge in [0.2, 0.25) is 0 Å². The molecule has 8 heteroatoms. The summed E-state index contributed by atoms with van der Waals surface area (Å²) in [6.07, 6.45) is 1.36. The SMILES string of the molecule is Cc1cc(C)n(-c2ncnc(Nc3ccc(Br)cc3F)c2N)n1. The molecule has 0 amide bonds. The van der Waals surface area contributed by atoms with Crippen LogP contribution in [0.3, 0.4) is 0 Å². The maximum atomic E-state index is 14.0. The molecule has 0 saturated heterocycles. The van der Waals surface area contributed by atoms with Gasteiger partial charge in [-0.25, -0.2) is 19.0 Å². The van der Waals surface area contributed by atoms with Crippen LogP contribution in [0.5, 0.6) is 0 Å². The summed E-state index contributed by atoms with van der Waals surface area (Å²) in [7, 11) is 0. The van der Waals surface area contributed by atoms with Gasteiger partial charge in [0, 0.05) is 10.2 Å². The highest BCUT2D eigenvalue weighted by molar-refractivity contribution is 9.10. The van der Waals surface area contributed by atoms with Gasteiger partial charge in [-0.05, 0) is 38.1 Å². The predicted octanol–water partition coefficient (Wildman–Crippen LogP) is 3.51. The molecule has 1 aromatic carbocycles. The summed E-state index contributed by atoms with van der Waals surface area (Å²) in [6, 6.07) is 6.61. The fourth-order valence-corrected chi connectivity index (χ4v) is 2.55. The molecule has 3 N–H and O–H groups in total. The van der Waals surface area contributed by atoms with Gasteiger partial charge in [0.15, 0.2) is 11.6 Å². The van der Waals surface area contributed by atoms with Crippen LogP contribution in [0.15, 0.2) is 35.1 Å². The van der Waals surface area contributed by atoms with Gasteiger partial charge in [-0.1, -0.05) is 15.9 Å². The molecule has 0 radical (unpaired) electrons. The van der Waals surface area contributed by atoms with Crippen molar-refractivity contribution in [2.75, 3.05) is 11.1 Å². The van der Waals surface area contributed by atoms with Crippen LogP contribution in [0.1, 0.15) is 11.4 Å². The average Bonchev–Trinajstić information content (AvgIpc) is 2.82. The summed E-state index contributed by atoms with van der Waals surface area (Å²) in [4.78, 5) is 8.28.